The maximum absolute atomic E-state index is 12.9. The molecule has 26 heavy (non-hydrogen) atoms. The second-order valence-electron chi connectivity index (χ2n) is 8.26. The monoisotopic (exact) mass is 359 g/mol. The van der Waals surface area contributed by atoms with Gasteiger partial charge in [-0.05, 0) is 77.6 Å². The molecule has 2 fully saturated rings. The van der Waals surface area contributed by atoms with Crippen LogP contribution in [0.1, 0.15) is 63.7 Å². The van der Waals surface area contributed by atoms with Crippen molar-refractivity contribution in [1.82, 2.24) is 4.90 Å². The minimum Gasteiger partial charge on any atom is -0.494 e. The van der Waals surface area contributed by atoms with Gasteiger partial charge in [0.05, 0.1) is 6.61 Å². The molecule has 2 aliphatic heterocycles. The van der Waals surface area contributed by atoms with Crippen LogP contribution in [-0.2, 0) is 4.74 Å². The molecule has 3 rings (SSSR count). The van der Waals surface area contributed by atoms with Crippen LogP contribution in [0, 0.1) is 5.92 Å². The number of nitrogens with zero attached hydrogens (tertiary/aromatic N) is 1. The van der Waals surface area contributed by atoms with Gasteiger partial charge in [-0.25, -0.2) is 4.79 Å². The van der Waals surface area contributed by atoms with E-state index in [9.17, 15) is 9.59 Å². The SMILES string of the molecule is CCOc1ccc(C(=O)C2CC3CCC(C2)N3C(=O)OC(C)(C)C)cc1. The summed E-state index contributed by atoms with van der Waals surface area (Å²) in [5.74, 6) is 0.932. The van der Waals surface area contributed by atoms with Crippen molar-refractivity contribution in [2.75, 3.05) is 6.61 Å². The third-order valence-corrected chi connectivity index (χ3v) is 5.16. The first-order valence-corrected chi connectivity index (χ1v) is 9.57. The molecular formula is C21H29NO4. The maximum Gasteiger partial charge on any atom is 0.410 e. The minimum absolute atomic E-state index is 0.0240. The fraction of sp³-hybridized carbons (Fsp3) is 0.619. The van der Waals surface area contributed by atoms with Crippen LogP contribution in [0.4, 0.5) is 4.79 Å². The van der Waals surface area contributed by atoms with E-state index in [4.69, 9.17) is 9.47 Å². The summed E-state index contributed by atoms with van der Waals surface area (Å²) in [6, 6.07) is 7.60. The predicted molar refractivity (Wildman–Crippen MR) is 99.5 cm³/mol. The molecular weight excluding hydrogens is 330 g/mol. The highest BCUT2D eigenvalue weighted by Gasteiger charge is 2.46. The first-order valence-electron chi connectivity index (χ1n) is 9.57. The Kier molecular flexibility index (Phi) is 5.26. The number of amides is 1. The van der Waals surface area contributed by atoms with Crippen molar-refractivity contribution in [2.24, 2.45) is 5.92 Å². The van der Waals surface area contributed by atoms with Gasteiger partial charge in [0.2, 0.25) is 0 Å². The van der Waals surface area contributed by atoms with Crippen LogP contribution in [-0.4, -0.2) is 41.1 Å². The van der Waals surface area contributed by atoms with E-state index in [1.54, 1.807) is 0 Å². The number of hydrogen-bond acceptors (Lipinski definition) is 4. The molecule has 2 unspecified atom stereocenters. The van der Waals surface area contributed by atoms with Crippen molar-refractivity contribution in [1.29, 1.82) is 0 Å². The molecule has 0 spiro atoms. The lowest BCUT2D eigenvalue weighted by Gasteiger charge is -2.39. The summed E-state index contributed by atoms with van der Waals surface area (Å²) in [4.78, 5) is 27.3. The third-order valence-electron chi connectivity index (χ3n) is 5.16. The summed E-state index contributed by atoms with van der Waals surface area (Å²) in [6.07, 6.45) is 3.12. The number of hydrogen-bond donors (Lipinski definition) is 0. The van der Waals surface area contributed by atoms with Crippen molar-refractivity contribution >= 4 is 11.9 Å². The van der Waals surface area contributed by atoms with E-state index < -0.39 is 5.60 Å². The number of ketones is 1. The van der Waals surface area contributed by atoms with Crippen molar-refractivity contribution in [3.8, 4) is 5.75 Å². The van der Waals surface area contributed by atoms with Crippen LogP contribution in [0.25, 0.3) is 0 Å². The Morgan fingerprint density at radius 1 is 1.08 bits per heavy atom. The molecule has 0 aliphatic carbocycles. The van der Waals surface area contributed by atoms with Crippen LogP contribution in [0.15, 0.2) is 24.3 Å². The summed E-state index contributed by atoms with van der Waals surface area (Å²) in [6.45, 7) is 8.20. The number of piperidine rings is 1. The summed E-state index contributed by atoms with van der Waals surface area (Å²) >= 11 is 0. The molecule has 0 N–H and O–H groups in total. The Hall–Kier alpha value is -2.04. The van der Waals surface area contributed by atoms with E-state index in [1.807, 2.05) is 56.9 Å². The molecule has 2 aliphatic rings. The molecule has 2 atom stereocenters. The lowest BCUT2D eigenvalue weighted by molar-refractivity contribution is 0.00254. The average Bonchev–Trinajstić information content (AvgIpc) is 2.84. The van der Waals surface area contributed by atoms with Gasteiger partial charge in [0.25, 0.3) is 0 Å². The Labute approximate surface area is 155 Å². The Bertz CT molecular complexity index is 648. The van der Waals surface area contributed by atoms with Crippen LogP contribution in [0.2, 0.25) is 0 Å². The molecule has 2 bridgehead atoms. The molecule has 142 valence electrons. The number of carbonyl (C=O) groups excluding carboxylic acids is 2. The van der Waals surface area contributed by atoms with E-state index in [0.717, 1.165) is 37.0 Å². The lowest BCUT2D eigenvalue weighted by atomic mass is 9.85. The summed E-state index contributed by atoms with van der Waals surface area (Å²) in [7, 11) is 0. The molecule has 2 saturated heterocycles. The van der Waals surface area contributed by atoms with Crippen molar-refractivity contribution in [2.45, 2.75) is 71.1 Å². The van der Waals surface area contributed by atoms with Crippen LogP contribution in [0.3, 0.4) is 0 Å². The number of ether oxygens (including phenoxy) is 2. The lowest BCUT2D eigenvalue weighted by Crippen LogP contribution is -2.49. The van der Waals surface area contributed by atoms with Gasteiger partial charge in [-0.3, -0.25) is 4.79 Å². The Morgan fingerprint density at radius 3 is 2.15 bits per heavy atom. The van der Waals surface area contributed by atoms with E-state index >= 15 is 0 Å². The van der Waals surface area contributed by atoms with Gasteiger partial charge >= 0.3 is 6.09 Å². The largest absolute Gasteiger partial charge is 0.494 e. The zero-order chi connectivity index (χ0) is 18.9. The highest BCUT2D eigenvalue weighted by atomic mass is 16.6. The quantitative estimate of drug-likeness (QED) is 0.746. The molecule has 5 nitrogen and oxygen atoms in total. The fourth-order valence-corrected chi connectivity index (χ4v) is 4.12. The molecule has 0 saturated carbocycles. The summed E-state index contributed by atoms with van der Waals surface area (Å²) in [5, 5.41) is 0. The van der Waals surface area contributed by atoms with Gasteiger partial charge in [0, 0.05) is 23.6 Å². The van der Waals surface area contributed by atoms with E-state index in [2.05, 4.69) is 0 Å². The van der Waals surface area contributed by atoms with Crippen molar-refractivity contribution in [3.63, 3.8) is 0 Å². The van der Waals surface area contributed by atoms with Crippen LogP contribution >= 0.6 is 0 Å². The molecule has 1 aromatic rings. The molecule has 2 heterocycles. The van der Waals surface area contributed by atoms with Crippen molar-refractivity contribution in [3.05, 3.63) is 29.8 Å². The van der Waals surface area contributed by atoms with E-state index in [-0.39, 0.29) is 29.9 Å². The van der Waals surface area contributed by atoms with Gasteiger partial charge < -0.3 is 14.4 Å². The predicted octanol–water partition coefficient (Wildman–Crippen LogP) is 4.45. The number of fused-ring (bicyclic) bond motifs is 2. The van der Waals surface area contributed by atoms with E-state index in [0.29, 0.717) is 6.61 Å². The number of benzene rings is 1. The molecule has 5 heteroatoms. The third kappa shape index (κ3) is 4.02. The molecule has 0 radical (unpaired) electrons. The number of rotatable bonds is 4. The van der Waals surface area contributed by atoms with Crippen LogP contribution in [0.5, 0.6) is 5.75 Å². The molecule has 1 aromatic carbocycles. The second kappa shape index (κ2) is 7.29. The highest BCUT2D eigenvalue weighted by Crippen LogP contribution is 2.40. The topological polar surface area (TPSA) is 55.8 Å². The zero-order valence-electron chi connectivity index (χ0n) is 16.2. The van der Waals surface area contributed by atoms with Crippen molar-refractivity contribution < 1.29 is 19.1 Å². The zero-order valence-corrected chi connectivity index (χ0v) is 16.2. The average molecular weight is 359 g/mol. The maximum atomic E-state index is 12.9. The normalized spacial score (nSPS) is 25.1. The number of carbonyl (C=O) groups is 2. The molecule has 0 aromatic heterocycles. The molecule has 1 amide bonds. The minimum atomic E-state index is -0.495. The highest BCUT2D eigenvalue weighted by molar-refractivity contribution is 5.98. The first kappa shape index (κ1) is 18.7. The van der Waals surface area contributed by atoms with Gasteiger partial charge in [-0.1, -0.05) is 0 Å². The Morgan fingerprint density at radius 2 is 1.65 bits per heavy atom. The fourth-order valence-electron chi connectivity index (χ4n) is 4.12. The second-order valence-corrected chi connectivity index (χ2v) is 8.26. The van der Waals surface area contributed by atoms with Crippen LogP contribution < -0.4 is 4.74 Å². The standard InChI is InChI=1S/C21H29NO4/c1-5-25-18-10-6-14(7-11-18)19(23)15-12-16-8-9-17(13-15)22(16)20(24)26-21(2,3)4/h6-7,10-11,15-17H,5,8-9,12-13H2,1-4H3. The summed E-state index contributed by atoms with van der Waals surface area (Å²) < 4.78 is 11.0. The Balaban J connectivity index is 1.66. The van der Waals surface area contributed by atoms with Gasteiger partial charge in [0.1, 0.15) is 11.4 Å². The van der Waals surface area contributed by atoms with Gasteiger partial charge in [-0.2, -0.15) is 0 Å². The number of Topliss-reactive ketones (excluding diaryl/α,β-unsaturated/α-hetero) is 1. The van der Waals surface area contributed by atoms with Gasteiger partial charge in [-0.15, -0.1) is 0 Å². The smallest absolute Gasteiger partial charge is 0.410 e. The first-order chi connectivity index (χ1) is 12.3. The van der Waals surface area contributed by atoms with E-state index in [1.165, 1.54) is 0 Å². The van der Waals surface area contributed by atoms with Gasteiger partial charge in [0.15, 0.2) is 5.78 Å². The summed E-state index contributed by atoms with van der Waals surface area (Å²) in [5.41, 5.74) is 0.231.